The van der Waals surface area contributed by atoms with Gasteiger partial charge in [0.15, 0.2) is 0 Å². The predicted molar refractivity (Wildman–Crippen MR) is 79.5 cm³/mol. The van der Waals surface area contributed by atoms with Crippen LogP contribution in [0.4, 0.5) is 0 Å². The van der Waals surface area contributed by atoms with Gasteiger partial charge in [-0.3, -0.25) is 4.79 Å². The van der Waals surface area contributed by atoms with Gasteiger partial charge in [0.25, 0.3) is 0 Å². The maximum absolute atomic E-state index is 11.8. The summed E-state index contributed by atoms with van der Waals surface area (Å²) in [7, 11) is 4.07. The second-order valence-electron chi connectivity index (χ2n) is 4.99. The van der Waals surface area contributed by atoms with E-state index >= 15 is 0 Å². The molecule has 1 aromatic carbocycles. The van der Waals surface area contributed by atoms with Crippen LogP contribution >= 0.6 is 12.4 Å². The molecule has 19 heavy (non-hydrogen) atoms. The number of likely N-dealkylation sites (N-methyl/N-ethyl adjacent to an activating group) is 1. The third kappa shape index (κ3) is 4.20. The van der Waals surface area contributed by atoms with Crippen molar-refractivity contribution in [2.75, 3.05) is 33.7 Å². The summed E-state index contributed by atoms with van der Waals surface area (Å²) in [6.07, 6.45) is 0. The molecular weight excluding hydrogens is 262 g/mol. The SMILES string of the molecule is CN(C)C(CNC(=O)C1CNC1)c1ccccc1.Cl. The first-order valence-electron chi connectivity index (χ1n) is 6.38. The number of carbonyl (C=O) groups excluding carboxylic acids is 1. The van der Waals surface area contributed by atoms with E-state index in [2.05, 4.69) is 27.7 Å². The summed E-state index contributed by atoms with van der Waals surface area (Å²) in [5, 5.41) is 6.16. The monoisotopic (exact) mass is 283 g/mol. The molecule has 0 spiro atoms. The number of hydrogen-bond acceptors (Lipinski definition) is 3. The van der Waals surface area contributed by atoms with Crippen LogP contribution in [0.5, 0.6) is 0 Å². The van der Waals surface area contributed by atoms with Gasteiger partial charge in [0.1, 0.15) is 0 Å². The van der Waals surface area contributed by atoms with Gasteiger partial charge in [-0.1, -0.05) is 30.3 Å². The van der Waals surface area contributed by atoms with Crippen LogP contribution in [0.2, 0.25) is 0 Å². The Kier molecular flexibility index (Phi) is 6.28. The highest BCUT2D eigenvalue weighted by Gasteiger charge is 2.25. The first-order valence-corrected chi connectivity index (χ1v) is 6.38. The van der Waals surface area contributed by atoms with Crippen LogP contribution in [0.25, 0.3) is 0 Å². The van der Waals surface area contributed by atoms with Crippen molar-refractivity contribution in [3.63, 3.8) is 0 Å². The van der Waals surface area contributed by atoms with Crippen molar-refractivity contribution in [3.8, 4) is 0 Å². The molecule has 1 heterocycles. The molecule has 2 N–H and O–H groups in total. The van der Waals surface area contributed by atoms with Crippen LogP contribution < -0.4 is 10.6 Å². The van der Waals surface area contributed by atoms with Gasteiger partial charge in [0.2, 0.25) is 5.91 Å². The lowest BCUT2D eigenvalue weighted by molar-refractivity contribution is -0.126. The minimum Gasteiger partial charge on any atom is -0.354 e. The molecule has 2 rings (SSSR count). The van der Waals surface area contributed by atoms with Gasteiger partial charge in [0.05, 0.1) is 12.0 Å². The maximum Gasteiger partial charge on any atom is 0.225 e. The van der Waals surface area contributed by atoms with Crippen LogP contribution in [0.1, 0.15) is 11.6 Å². The fourth-order valence-electron chi connectivity index (χ4n) is 2.09. The summed E-state index contributed by atoms with van der Waals surface area (Å²) in [6, 6.07) is 10.5. The molecule has 1 atom stereocenters. The van der Waals surface area contributed by atoms with Crippen molar-refractivity contribution >= 4 is 18.3 Å². The van der Waals surface area contributed by atoms with Crippen molar-refractivity contribution in [1.29, 1.82) is 0 Å². The first kappa shape index (κ1) is 16.0. The maximum atomic E-state index is 11.8. The van der Waals surface area contributed by atoms with Gasteiger partial charge in [-0.2, -0.15) is 0 Å². The van der Waals surface area contributed by atoms with Gasteiger partial charge in [-0.15, -0.1) is 12.4 Å². The van der Waals surface area contributed by atoms with Crippen molar-refractivity contribution in [1.82, 2.24) is 15.5 Å². The van der Waals surface area contributed by atoms with Crippen LogP contribution in [0, 0.1) is 5.92 Å². The first-order chi connectivity index (χ1) is 8.68. The number of benzene rings is 1. The standard InChI is InChI=1S/C14H21N3O.ClH/c1-17(2)13(11-6-4-3-5-7-11)10-16-14(18)12-8-15-9-12;/h3-7,12-13,15H,8-10H2,1-2H3,(H,16,18);1H. The fraction of sp³-hybridized carbons (Fsp3) is 0.500. The van der Waals surface area contributed by atoms with E-state index in [1.807, 2.05) is 32.3 Å². The van der Waals surface area contributed by atoms with Crippen LogP contribution in [0.15, 0.2) is 30.3 Å². The molecule has 4 nitrogen and oxygen atoms in total. The lowest BCUT2D eigenvalue weighted by atomic mass is 10.0. The lowest BCUT2D eigenvalue weighted by Crippen LogP contribution is -2.51. The van der Waals surface area contributed by atoms with Crippen molar-refractivity contribution in [2.45, 2.75) is 6.04 Å². The highest BCUT2D eigenvalue weighted by atomic mass is 35.5. The Bertz CT molecular complexity index is 393. The van der Waals surface area contributed by atoms with Crippen molar-refractivity contribution in [3.05, 3.63) is 35.9 Å². The fourth-order valence-corrected chi connectivity index (χ4v) is 2.09. The Morgan fingerprint density at radius 2 is 2.00 bits per heavy atom. The number of carbonyl (C=O) groups is 1. The zero-order chi connectivity index (χ0) is 13.0. The van der Waals surface area contributed by atoms with E-state index in [9.17, 15) is 4.79 Å². The molecule has 1 fully saturated rings. The summed E-state index contributed by atoms with van der Waals surface area (Å²) in [6.45, 7) is 2.28. The lowest BCUT2D eigenvalue weighted by Gasteiger charge is -2.29. The van der Waals surface area contributed by atoms with Crippen LogP contribution in [-0.2, 0) is 4.79 Å². The molecule has 0 aliphatic carbocycles. The second-order valence-corrected chi connectivity index (χ2v) is 4.99. The topological polar surface area (TPSA) is 44.4 Å². The zero-order valence-electron chi connectivity index (χ0n) is 11.4. The van der Waals surface area contributed by atoms with E-state index in [1.54, 1.807) is 0 Å². The molecule has 1 amide bonds. The van der Waals surface area contributed by atoms with E-state index in [1.165, 1.54) is 5.56 Å². The Hall–Kier alpha value is -1.10. The minimum atomic E-state index is 0. The zero-order valence-corrected chi connectivity index (χ0v) is 12.2. The molecular formula is C14H22ClN3O. The Morgan fingerprint density at radius 3 is 2.47 bits per heavy atom. The molecule has 1 aliphatic rings. The van der Waals surface area contributed by atoms with E-state index in [-0.39, 0.29) is 30.3 Å². The van der Waals surface area contributed by atoms with Crippen LogP contribution in [-0.4, -0.2) is 44.5 Å². The smallest absolute Gasteiger partial charge is 0.225 e. The van der Waals surface area contributed by atoms with Gasteiger partial charge in [-0.05, 0) is 19.7 Å². The Labute approximate surface area is 121 Å². The molecule has 1 aliphatic heterocycles. The summed E-state index contributed by atoms with van der Waals surface area (Å²) in [5.41, 5.74) is 1.23. The third-order valence-corrected chi connectivity index (χ3v) is 3.43. The highest BCUT2D eigenvalue weighted by molar-refractivity contribution is 5.85. The third-order valence-electron chi connectivity index (χ3n) is 3.43. The van der Waals surface area contributed by atoms with Gasteiger partial charge < -0.3 is 15.5 Å². The van der Waals surface area contributed by atoms with E-state index in [0.717, 1.165) is 13.1 Å². The highest BCUT2D eigenvalue weighted by Crippen LogP contribution is 2.17. The summed E-state index contributed by atoms with van der Waals surface area (Å²) in [4.78, 5) is 13.9. The minimum absolute atomic E-state index is 0. The van der Waals surface area contributed by atoms with E-state index in [4.69, 9.17) is 0 Å². The number of nitrogens with zero attached hydrogens (tertiary/aromatic N) is 1. The molecule has 106 valence electrons. The predicted octanol–water partition coefficient (Wildman–Crippen LogP) is 1.05. The van der Waals surface area contributed by atoms with E-state index in [0.29, 0.717) is 6.54 Å². The van der Waals surface area contributed by atoms with E-state index < -0.39 is 0 Å². The quantitative estimate of drug-likeness (QED) is 0.849. The summed E-state index contributed by atoms with van der Waals surface area (Å²) >= 11 is 0. The summed E-state index contributed by atoms with van der Waals surface area (Å²) in [5.74, 6) is 0.320. The van der Waals surface area contributed by atoms with Crippen molar-refractivity contribution in [2.24, 2.45) is 5.92 Å². The molecule has 5 heteroatoms. The van der Waals surface area contributed by atoms with Crippen molar-refractivity contribution < 1.29 is 4.79 Å². The number of amides is 1. The van der Waals surface area contributed by atoms with Gasteiger partial charge in [-0.25, -0.2) is 0 Å². The Balaban J connectivity index is 0.00000180. The number of hydrogen-bond donors (Lipinski definition) is 2. The normalized spacial score (nSPS) is 16.4. The Morgan fingerprint density at radius 1 is 1.37 bits per heavy atom. The summed E-state index contributed by atoms with van der Waals surface area (Å²) < 4.78 is 0. The van der Waals surface area contributed by atoms with Crippen LogP contribution in [0.3, 0.4) is 0 Å². The molecule has 0 aromatic heterocycles. The number of nitrogens with one attached hydrogen (secondary N) is 2. The molecule has 0 radical (unpaired) electrons. The molecule has 0 bridgehead atoms. The largest absolute Gasteiger partial charge is 0.354 e. The molecule has 1 saturated heterocycles. The number of halogens is 1. The van der Waals surface area contributed by atoms with Gasteiger partial charge in [0, 0.05) is 19.6 Å². The molecule has 1 aromatic rings. The average Bonchev–Trinajstić information content (AvgIpc) is 2.28. The van der Waals surface area contributed by atoms with Gasteiger partial charge >= 0.3 is 0 Å². The number of rotatable bonds is 5. The molecule has 0 saturated carbocycles. The second kappa shape index (κ2) is 7.48. The average molecular weight is 284 g/mol. The molecule has 1 unspecified atom stereocenters.